The zero-order chi connectivity index (χ0) is 26.1. The highest BCUT2D eigenvalue weighted by atomic mass is 35.5. The van der Waals surface area contributed by atoms with Crippen LogP contribution in [0.2, 0.25) is 5.02 Å². The first kappa shape index (κ1) is 24.2. The fraction of sp³-hybridized carbons (Fsp3) is 0.207. The molecule has 2 unspecified atom stereocenters. The van der Waals surface area contributed by atoms with Crippen molar-refractivity contribution in [1.82, 2.24) is 25.1 Å². The Morgan fingerprint density at radius 1 is 1.08 bits per heavy atom. The number of fused-ring (bicyclic) bond motifs is 1. The summed E-state index contributed by atoms with van der Waals surface area (Å²) in [6.45, 7) is 0.607. The Bertz CT molecular complexity index is 1540. The van der Waals surface area contributed by atoms with Gasteiger partial charge in [0.2, 0.25) is 5.91 Å². The molecular formula is C29H24ClFN6O. The zero-order valence-electron chi connectivity index (χ0n) is 20.4. The minimum Gasteiger partial charge on any atom is -0.330 e. The van der Waals surface area contributed by atoms with Crippen LogP contribution < -0.4 is 0 Å². The van der Waals surface area contributed by atoms with Crippen molar-refractivity contribution in [2.24, 2.45) is 4.99 Å². The topological polar surface area (TPSA) is 76.3 Å². The molecule has 2 atom stereocenters. The maximum atomic E-state index is 13.9. The Kier molecular flexibility index (Phi) is 6.55. The van der Waals surface area contributed by atoms with Gasteiger partial charge in [0.1, 0.15) is 12.1 Å². The Morgan fingerprint density at radius 3 is 2.76 bits per heavy atom. The van der Waals surface area contributed by atoms with Crippen LogP contribution >= 0.6 is 11.6 Å². The van der Waals surface area contributed by atoms with Gasteiger partial charge >= 0.3 is 0 Å². The molecule has 0 spiro atoms. The highest BCUT2D eigenvalue weighted by Crippen LogP contribution is 2.38. The molecule has 0 saturated carbocycles. The molecule has 38 heavy (non-hydrogen) atoms. The van der Waals surface area contributed by atoms with Crippen molar-refractivity contribution in [1.29, 1.82) is 0 Å². The number of likely N-dealkylation sites (tertiary alicyclic amines) is 1. The number of hydrogen-bond donors (Lipinski definition) is 0. The molecule has 9 heteroatoms. The van der Waals surface area contributed by atoms with Crippen LogP contribution in [-0.4, -0.2) is 49.3 Å². The van der Waals surface area contributed by atoms with E-state index < -0.39 is 0 Å². The molecule has 0 N–H and O–H groups in total. The molecular weight excluding hydrogens is 503 g/mol. The Labute approximate surface area is 224 Å². The molecule has 0 radical (unpaired) electrons. The second-order valence-electron chi connectivity index (χ2n) is 9.48. The lowest BCUT2D eigenvalue weighted by Gasteiger charge is -2.41. The third-order valence-corrected chi connectivity index (χ3v) is 7.39. The lowest BCUT2D eigenvalue weighted by molar-refractivity contribution is -0.128. The van der Waals surface area contributed by atoms with E-state index in [0.717, 1.165) is 24.1 Å². The zero-order valence-corrected chi connectivity index (χ0v) is 21.2. The number of halogens is 2. The third-order valence-electron chi connectivity index (χ3n) is 7.16. The number of hydrogen-bond acceptors (Lipinski definition) is 5. The average molecular weight is 527 g/mol. The lowest BCUT2D eigenvalue weighted by atomic mass is 9.80. The van der Waals surface area contributed by atoms with Crippen molar-refractivity contribution in [2.75, 3.05) is 6.54 Å². The molecule has 2 aliphatic rings. The summed E-state index contributed by atoms with van der Waals surface area (Å²) >= 11 is 6.26. The minimum atomic E-state index is -0.312. The highest BCUT2D eigenvalue weighted by Gasteiger charge is 2.39. The van der Waals surface area contributed by atoms with Crippen LogP contribution in [0.5, 0.6) is 0 Å². The fourth-order valence-corrected chi connectivity index (χ4v) is 5.63. The molecule has 7 nitrogen and oxygen atoms in total. The molecule has 0 bridgehead atoms. The van der Waals surface area contributed by atoms with E-state index in [1.807, 2.05) is 29.2 Å². The molecule has 4 aromatic rings. The first-order chi connectivity index (χ1) is 18.6. The number of carbonyl (C=O) groups excluding carboxylic acids is 1. The molecule has 0 aliphatic carbocycles. The summed E-state index contributed by atoms with van der Waals surface area (Å²) in [5.74, 6) is -0.348. The summed E-state index contributed by atoms with van der Waals surface area (Å²) in [5, 5.41) is 11.9. The Hall–Kier alpha value is -4.17. The maximum absolute atomic E-state index is 13.9. The predicted molar refractivity (Wildman–Crippen MR) is 144 cm³/mol. The summed E-state index contributed by atoms with van der Waals surface area (Å²) < 4.78 is 15.5. The van der Waals surface area contributed by atoms with Crippen molar-refractivity contribution < 1.29 is 9.18 Å². The summed E-state index contributed by atoms with van der Waals surface area (Å²) in [6, 6.07) is 20.1. The number of aromatic nitrogens is 4. The quantitative estimate of drug-likeness (QED) is 0.318. The molecule has 1 fully saturated rings. The van der Waals surface area contributed by atoms with Crippen LogP contribution in [0.3, 0.4) is 0 Å². The number of rotatable bonds is 5. The second-order valence-corrected chi connectivity index (χ2v) is 9.92. The van der Waals surface area contributed by atoms with E-state index in [1.54, 1.807) is 30.4 Å². The number of aliphatic imine (C=N–C) groups is 1. The van der Waals surface area contributed by atoms with Crippen LogP contribution in [0.4, 0.5) is 10.1 Å². The van der Waals surface area contributed by atoms with Crippen LogP contribution in [0.25, 0.3) is 11.8 Å². The fourth-order valence-electron chi connectivity index (χ4n) is 5.45. The SMILES string of the molecule is O=C(/C=C/c1cc(Cl)ccc1-n1cnnn1)N1CCCC(c2ccccc2)C1C1=Nc2cc(F)ccc2C1. The van der Waals surface area contributed by atoms with Crippen molar-refractivity contribution in [3.8, 4) is 5.69 Å². The van der Waals surface area contributed by atoms with E-state index in [2.05, 4.69) is 27.7 Å². The van der Waals surface area contributed by atoms with Crippen LogP contribution in [0.1, 0.15) is 35.4 Å². The summed E-state index contributed by atoms with van der Waals surface area (Å²) in [4.78, 5) is 20.5. The van der Waals surface area contributed by atoms with Gasteiger partial charge in [0, 0.05) is 41.3 Å². The smallest absolute Gasteiger partial charge is 0.247 e. The largest absolute Gasteiger partial charge is 0.330 e. The van der Waals surface area contributed by atoms with Crippen molar-refractivity contribution >= 4 is 35.0 Å². The van der Waals surface area contributed by atoms with E-state index in [4.69, 9.17) is 16.6 Å². The van der Waals surface area contributed by atoms with Gasteiger partial charge in [0.05, 0.1) is 17.4 Å². The normalized spacial score (nSPS) is 19.0. The van der Waals surface area contributed by atoms with Crippen molar-refractivity contribution in [3.05, 3.63) is 107 Å². The van der Waals surface area contributed by atoms with E-state index in [1.165, 1.54) is 28.7 Å². The van der Waals surface area contributed by atoms with E-state index >= 15 is 0 Å². The number of amides is 1. The number of benzene rings is 3. The summed E-state index contributed by atoms with van der Waals surface area (Å²) in [5.41, 5.74) is 5.10. The standard InChI is InChI=1S/C29H24ClFN6O/c30-22-10-12-27(37-18-32-34-35-37)21(15-22)9-13-28(38)36-14-4-7-24(19-5-2-1-3-6-19)29(36)26-16-20-8-11-23(31)17-25(20)33-26/h1-3,5-6,8-13,15,17-18,24,29H,4,7,14,16H2/b13-9+. The molecule has 1 saturated heterocycles. The third kappa shape index (κ3) is 4.75. The molecule has 6 rings (SSSR count). The molecule has 1 amide bonds. The Morgan fingerprint density at radius 2 is 1.95 bits per heavy atom. The molecule has 3 heterocycles. The predicted octanol–water partition coefficient (Wildman–Crippen LogP) is 5.57. The summed E-state index contributed by atoms with van der Waals surface area (Å²) in [6.07, 6.45) is 7.21. The average Bonchev–Trinajstić information content (AvgIpc) is 3.62. The lowest BCUT2D eigenvalue weighted by Crippen LogP contribution is -2.51. The van der Waals surface area contributed by atoms with Gasteiger partial charge in [0.25, 0.3) is 0 Å². The van der Waals surface area contributed by atoms with E-state index in [-0.39, 0.29) is 23.7 Å². The first-order valence-electron chi connectivity index (χ1n) is 12.5. The number of piperidine rings is 1. The van der Waals surface area contributed by atoms with Gasteiger partial charge in [-0.2, -0.15) is 4.68 Å². The van der Waals surface area contributed by atoms with Gasteiger partial charge < -0.3 is 4.90 Å². The van der Waals surface area contributed by atoms with E-state index in [0.29, 0.717) is 34.9 Å². The number of tetrazole rings is 1. The number of nitrogens with zero attached hydrogens (tertiary/aromatic N) is 6. The highest BCUT2D eigenvalue weighted by molar-refractivity contribution is 6.30. The minimum absolute atomic E-state index is 0.0863. The van der Waals surface area contributed by atoms with Crippen LogP contribution in [-0.2, 0) is 11.2 Å². The van der Waals surface area contributed by atoms with Gasteiger partial charge in [-0.15, -0.1) is 5.10 Å². The Balaban J connectivity index is 1.35. The first-order valence-corrected chi connectivity index (χ1v) is 12.9. The van der Waals surface area contributed by atoms with Gasteiger partial charge in [-0.1, -0.05) is 48.0 Å². The second kappa shape index (κ2) is 10.3. The van der Waals surface area contributed by atoms with Gasteiger partial charge in [-0.25, -0.2) is 4.39 Å². The van der Waals surface area contributed by atoms with Crippen molar-refractivity contribution in [2.45, 2.75) is 31.2 Å². The van der Waals surface area contributed by atoms with Crippen molar-refractivity contribution in [3.63, 3.8) is 0 Å². The van der Waals surface area contributed by atoms with E-state index in [9.17, 15) is 9.18 Å². The molecule has 2 aliphatic heterocycles. The maximum Gasteiger partial charge on any atom is 0.247 e. The van der Waals surface area contributed by atoms with Crippen LogP contribution in [0, 0.1) is 5.82 Å². The van der Waals surface area contributed by atoms with Gasteiger partial charge in [-0.05, 0) is 70.8 Å². The number of carbonyl (C=O) groups is 1. The molecule has 3 aromatic carbocycles. The van der Waals surface area contributed by atoms with Crippen LogP contribution in [0.15, 0.2) is 84.1 Å². The van der Waals surface area contributed by atoms with Gasteiger partial charge in [0.15, 0.2) is 0 Å². The molecule has 1 aromatic heterocycles. The summed E-state index contributed by atoms with van der Waals surface area (Å²) in [7, 11) is 0. The van der Waals surface area contributed by atoms with Gasteiger partial charge in [-0.3, -0.25) is 9.79 Å². The monoisotopic (exact) mass is 526 g/mol. The molecule has 190 valence electrons.